The molecule has 0 fully saturated rings. The third-order valence-corrected chi connectivity index (χ3v) is 5.13. The van der Waals surface area contributed by atoms with Gasteiger partial charge in [0.1, 0.15) is 5.82 Å². The summed E-state index contributed by atoms with van der Waals surface area (Å²) < 4.78 is 16.1. The quantitative estimate of drug-likeness (QED) is 0.755. The Labute approximate surface area is 165 Å². The van der Waals surface area contributed by atoms with Crippen LogP contribution >= 0.6 is 0 Å². The molecular formula is C23H27FN2O2. The zero-order valence-electron chi connectivity index (χ0n) is 16.9. The van der Waals surface area contributed by atoms with Crippen LogP contribution in [0.15, 0.2) is 47.2 Å². The van der Waals surface area contributed by atoms with Gasteiger partial charge in [-0.3, -0.25) is 9.59 Å². The van der Waals surface area contributed by atoms with Gasteiger partial charge in [-0.1, -0.05) is 25.0 Å². The Morgan fingerprint density at radius 1 is 1.32 bits per heavy atom. The zero-order chi connectivity index (χ0) is 20.4. The summed E-state index contributed by atoms with van der Waals surface area (Å²) in [5.41, 5.74) is 3.69. The molecule has 0 radical (unpaired) electrons. The third-order valence-electron chi connectivity index (χ3n) is 5.13. The molecule has 0 saturated carbocycles. The van der Waals surface area contributed by atoms with Crippen LogP contribution in [0, 0.1) is 5.82 Å². The van der Waals surface area contributed by atoms with Crippen molar-refractivity contribution in [2.45, 2.75) is 53.0 Å². The molecule has 3 rings (SSSR count). The van der Waals surface area contributed by atoms with Gasteiger partial charge in [0.15, 0.2) is 5.78 Å². The molecule has 4 nitrogen and oxygen atoms in total. The topological polar surface area (TPSA) is 51.1 Å². The Morgan fingerprint density at radius 3 is 2.75 bits per heavy atom. The number of Topliss-reactive ketones (excluding diaryl/α,β-unsaturated/α-hetero) is 1. The molecule has 1 N–H and O–H groups in total. The first kappa shape index (κ1) is 20.1. The van der Waals surface area contributed by atoms with E-state index in [2.05, 4.69) is 18.3 Å². The second-order valence-electron chi connectivity index (χ2n) is 7.73. The molecule has 0 spiro atoms. The first-order chi connectivity index (χ1) is 13.3. The number of carbonyl (C=O) groups excluding carboxylic acids is 2. The number of allylic oxidation sites excluding steroid dienone is 3. The molecule has 1 aromatic carbocycles. The first-order valence-corrected chi connectivity index (χ1v) is 9.82. The monoisotopic (exact) mass is 382 g/mol. The fourth-order valence-corrected chi connectivity index (χ4v) is 3.81. The summed E-state index contributed by atoms with van der Waals surface area (Å²) in [5, 5.41) is 3.55. The number of rotatable bonds is 6. The molecule has 1 aromatic heterocycles. The molecule has 28 heavy (non-hydrogen) atoms. The van der Waals surface area contributed by atoms with E-state index in [1.165, 1.54) is 12.1 Å². The van der Waals surface area contributed by atoms with E-state index < -0.39 is 5.82 Å². The van der Waals surface area contributed by atoms with Crippen LogP contribution in [-0.4, -0.2) is 22.8 Å². The van der Waals surface area contributed by atoms with Gasteiger partial charge >= 0.3 is 0 Å². The summed E-state index contributed by atoms with van der Waals surface area (Å²) >= 11 is 0. The highest BCUT2D eigenvalue weighted by molar-refractivity contribution is 6.07. The number of carbonyl (C=O) groups is 2. The Hall–Kier alpha value is -2.69. The van der Waals surface area contributed by atoms with Crippen molar-refractivity contribution in [3.8, 4) is 0 Å². The summed E-state index contributed by atoms with van der Waals surface area (Å²) in [4.78, 5) is 25.3. The highest BCUT2D eigenvalue weighted by Gasteiger charge is 2.21. The van der Waals surface area contributed by atoms with Gasteiger partial charge in [-0.05, 0) is 51.0 Å². The second kappa shape index (κ2) is 8.13. The first-order valence-electron chi connectivity index (χ1n) is 9.82. The van der Waals surface area contributed by atoms with Crippen LogP contribution in [0.2, 0.25) is 0 Å². The minimum Gasteiger partial charge on any atom is -0.348 e. The standard InChI is InChI=1S/C23H27FN2O2/c1-5-6-16-9-15(4)10-22(27)20(16)13-25-23(28)19-11-17(24)12-21-18(19)7-8-26(21)14(2)3/h7-9,11-12,14H,5-6,10,13H2,1-4H3,(H,25,28). The van der Waals surface area contributed by atoms with Gasteiger partial charge in [0, 0.05) is 36.2 Å². The van der Waals surface area contributed by atoms with Crippen molar-refractivity contribution in [1.29, 1.82) is 0 Å². The Kier molecular flexibility index (Phi) is 5.82. The Bertz CT molecular complexity index is 995. The average molecular weight is 382 g/mol. The lowest BCUT2D eigenvalue weighted by Gasteiger charge is -2.18. The van der Waals surface area contributed by atoms with E-state index in [-0.39, 0.29) is 24.3 Å². The third kappa shape index (κ3) is 3.93. The minimum absolute atomic E-state index is 0.0547. The number of halogens is 1. The molecular weight excluding hydrogens is 355 g/mol. The number of benzene rings is 1. The smallest absolute Gasteiger partial charge is 0.252 e. The van der Waals surface area contributed by atoms with Gasteiger partial charge in [0.25, 0.3) is 5.91 Å². The largest absolute Gasteiger partial charge is 0.348 e. The van der Waals surface area contributed by atoms with E-state index in [0.29, 0.717) is 28.5 Å². The van der Waals surface area contributed by atoms with Gasteiger partial charge in [0.2, 0.25) is 0 Å². The molecule has 0 unspecified atom stereocenters. The SMILES string of the molecule is CCCC1=C(CNC(=O)c2cc(F)cc3c2ccn3C(C)C)C(=O)CC(C)=C1. The number of amides is 1. The molecule has 2 aromatic rings. The lowest BCUT2D eigenvalue weighted by molar-refractivity contribution is -0.115. The molecule has 0 aliphatic heterocycles. The van der Waals surface area contributed by atoms with E-state index in [0.717, 1.165) is 24.0 Å². The minimum atomic E-state index is -0.448. The maximum atomic E-state index is 14.2. The van der Waals surface area contributed by atoms with Crippen molar-refractivity contribution in [1.82, 2.24) is 9.88 Å². The number of fused-ring (bicyclic) bond motifs is 1. The van der Waals surface area contributed by atoms with Gasteiger partial charge in [-0.15, -0.1) is 0 Å². The predicted molar refractivity (Wildman–Crippen MR) is 110 cm³/mol. The molecule has 148 valence electrons. The van der Waals surface area contributed by atoms with Crippen LogP contribution in [0.5, 0.6) is 0 Å². The van der Waals surface area contributed by atoms with Crippen LogP contribution in [0.1, 0.15) is 63.4 Å². The Morgan fingerprint density at radius 2 is 2.07 bits per heavy atom. The highest BCUT2D eigenvalue weighted by atomic mass is 19.1. The van der Waals surface area contributed by atoms with E-state index >= 15 is 0 Å². The number of aromatic nitrogens is 1. The highest BCUT2D eigenvalue weighted by Crippen LogP contribution is 2.26. The Balaban J connectivity index is 1.89. The second-order valence-corrected chi connectivity index (χ2v) is 7.73. The number of ketones is 1. The fourth-order valence-electron chi connectivity index (χ4n) is 3.81. The summed E-state index contributed by atoms with van der Waals surface area (Å²) in [7, 11) is 0. The number of hydrogen-bond donors (Lipinski definition) is 1. The number of nitrogens with one attached hydrogen (secondary N) is 1. The van der Waals surface area contributed by atoms with Gasteiger partial charge < -0.3 is 9.88 Å². The van der Waals surface area contributed by atoms with E-state index in [1.54, 1.807) is 0 Å². The van der Waals surface area contributed by atoms with E-state index in [4.69, 9.17) is 0 Å². The number of hydrogen-bond acceptors (Lipinski definition) is 2. The molecule has 0 atom stereocenters. The van der Waals surface area contributed by atoms with Crippen LogP contribution in [0.3, 0.4) is 0 Å². The van der Waals surface area contributed by atoms with Crippen LogP contribution in [0.25, 0.3) is 10.9 Å². The van der Waals surface area contributed by atoms with Crippen molar-refractivity contribution < 1.29 is 14.0 Å². The zero-order valence-corrected chi connectivity index (χ0v) is 16.9. The summed E-state index contributed by atoms with van der Waals surface area (Å²) in [6.07, 6.45) is 6.04. The summed E-state index contributed by atoms with van der Waals surface area (Å²) in [5.74, 6) is -0.760. The number of nitrogens with zero attached hydrogens (tertiary/aromatic N) is 1. The van der Waals surface area contributed by atoms with E-state index in [9.17, 15) is 14.0 Å². The van der Waals surface area contributed by atoms with E-state index in [1.807, 2.05) is 37.6 Å². The van der Waals surface area contributed by atoms with Crippen LogP contribution in [-0.2, 0) is 4.79 Å². The van der Waals surface area contributed by atoms with Crippen molar-refractivity contribution >= 4 is 22.6 Å². The summed E-state index contributed by atoms with van der Waals surface area (Å²) in [6, 6.07) is 4.71. The van der Waals surface area contributed by atoms with Gasteiger partial charge in [0.05, 0.1) is 11.1 Å². The molecule has 1 amide bonds. The maximum Gasteiger partial charge on any atom is 0.252 e. The molecule has 0 bridgehead atoms. The van der Waals surface area contributed by atoms with Crippen molar-refractivity contribution in [3.05, 3.63) is 58.6 Å². The molecule has 5 heteroatoms. The normalized spacial score (nSPS) is 14.8. The molecule has 0 saturated heterocycles. The van der Waals surface area contributed by atoms with Crippen molar-refractivity contribution in [2.75, 3.05) is 6.54 Å². The molecule has 1 aliphatic carbocycles. The molecule has 1 aliphatic rings. The lowest BCUT2D eigenvalue weighted by atomic mass is 9.89. The lowest BCUT2D eigenvalue weighted by Crippen LogP contribution is -2.29. The maximum absolute atomic E-state index is 14.2. The average Bonchev–Trinajstić information content (AvgIpc) is 3.04. The molecule has 1 heterocycles. The van der Waals surface area contributed by atoms with Gasteiger partial charge in [-0.2, -0.15) is 0 Å². The van der Waals surface area contributed by atoms with Gasteiger partial charge in [-0.25, -0.2) is 4.39 Å². The predicted octanol–water partition coefficient (Wildman–Crippen LogP) is 5.11. The summed E-state index contributed by atoms with van der Waals surface area (Å²) in [6.45, 7) is 8.20. The van der Waals surface area contributed by atoms with Crippen LogP contribution < -0.4 is 5.32 Å². The van der Waals surface area contributed by atoms with Crippen molar-refractivity contribution in [2.24, 2.45) is 0 Å². The van der Waals surface area contributed by atoms with Crippen LogP contribution in [0.4, 0.5) is 4.39 Å². The van der Waals surface area contributed by atoms with Crippen molar-refractivity contribution in [3.63, 3.8) is 0 Å². The fraction of sp³-hybridized carbons (Fsp3) is 0.391.